The highest BCUT2D eigenvalue weighted by atomic mass is 16.5. The Morgan fingerprint density at radius 2 is 1.76 bits per heavy atom. The molecule has 0 spiro atoms. The highest BCUT2D eigenvalue weighted by Gasteiger charge is 2.11. The molecule has 2 aromatic carbocycles. The van der Waals surface area contributed by atoms with E-state index in [1.54, 1.807) is 30.3 Å². The van der Waals surface area contributed by atoms with E-state index in [-0.39, 0.29) is 12.4 Å². The summed E-state index contributed by atoms with van der Waals surface area (Å²) in [5, 5.41) is 12.6. The molecule has 1 amide bonds. The van der Waals surface area contributed by atoms with Gasteiger partial charge < -0.3 is 19.0 Å². The van der Waals surface area contributed by atoms with Crippen molar-refractivity contribution >= 4 is 18.1 Å². The molecule has 0 aliphatic rings. The summed E-state index contributed by atoms with van der Waals surface area (Å²) in [5.41, 5.74) is 2.87. The van der Waals surface area contributed by atoms with E-state index in [0.717, 1.165) is 0 Å². The van der Waals surface area contributed by atoms with Crippen LogP contribution in [0.1, 0.15) is 21.9 Å². The molecule has 0 fully saturated rings. The average molecular weight is 394 g/mol. The molecule has 148 valence electrons. The minimum absolute atomic E-state index is 0.0872. The van der Waals surface area contributed by atoms with Crippen LogP contribution in [0, 0.1) is 0 Å². The van der Waals surface area contributed by atoms with Crippen molar-refractivity contribution in [3.8, 4) is 11.5 Å². The number of carboxylic acid groups (broad SMARTS) is 1. The summed E-state index contributed by atoms with van der Waals surface area (Å²) >= 11 is 0. The number of aliphatic carboxylic acids is 1. The van der Waals surface area contributed by atoms with Crippen molar-refractivity contribution in [1.82, 2.24) is 5.43 Å². The molecule has 8 nitrogen and oxygen atoms in total. The number of hydrogen-bond donors (Lipinski definition) is 2. The van der Waals surface area contributed by atoms with Crippen LogP contribution in [0.5, 0.6) is 11.5 Å². The van der Waals surface area contributed by atoms with Crippen LogP contribution in [0.25, 0.3) is 0 Å². The molecule has 1 aromatic heterocycles. The SMILES string of the molecule is O=C(O)COc1ccccc1/C=N\NC(=O)c1ccc(COc2ccccc2)o1. The standard InChI is InChI=1S/C21H18N2O6/c24-20(25)14-28-18-9-5-4-6-15(18)12-22-23-21(26)19-11-10-17(29-19)13-27-16-7-2-1-3-8-16/h1-12H,13-14H2,(H,23,26)(H,24,25)/b22-12-. The van der Waals surface area contributed by atoms with Crippen molar-refractivity contribution in [2.24, 2.45) is 5.10 Å². The van der Waals surface area contributed by atoms with Gasteiger partial charge in [0.15, 0.2) is 12.4 Å². The lowest BCUT2D eigenvalue weighted by molar-refractivity contribution is -0.139. The number of hydrazone groups is 1. The van der Waals surface area contributed by atoms with Crippen LogP contribution < -0.4 is 14.9 Å². The largest absolute Gasteiger partial charge is 0.486 e. The van der Waals surface area contributed by atoms with Gasteiger partial charge in [0.05, 0.1) is 6.21 Å². The van der Waals surface area contributed by atoms with E-state index in [1.807, 2.05) is 30.3 Å². The number of furan rings is 1. The van der Waals surface area contributed by atoms with Crippen molar-refractivity contribution in [2.75, 3.05) is 6.61 Å². The van der Waals surface area contributed by atoms with E-state index >= 15 is 0 Å². The fraction of sp³-hybridized carbons (Fsp3) is 0.0952. The molecule has 1 heterocycles. The number of hydrogen-bond acceptors (Lipinski definition) is 6. The molecule has 0 saturated carbocycles. The first-order valence-electron chi connectivity index (χ1n) is 8.65. The molecule has 8 heteroatoms. The zero-order valence-corrected chi connectivity index (χ0v) is 15.3. The second-order valence-electron chi connectivity index (χ2n) is 5.79. The number of rotatable bonds is 9. The Morgan fingerprint density at radius 1 is 1.00 bits per heavy atom. The summed E-state index contributed by atoms with van der Waals surface area (Å²) in [6.45, 7) is -0.285. The molecule has 2 N–H and O–H groups in total. The average Bonchev–Trinajstić information content (AvgIpc) is 3.21. The monoisotopic (exact) mass is 394 g/mol. The van der Waals surface area contributed by atoms with E-state index in [0.29, 0.717) is 22.8 Å². The normalized spacial score (nSPS) is 10.6. The maximum absolute atomic E-state index is 12.2. The van der Waals surface area contributed by atoms with Crippen LogP contribution in [0.4, 0.5) is 0 Å². The molecule has 0 bridgehead atoms. The lowest BCUT2D eigenvalue weighted by atomic mass is 10.2. The summed E-state index contributed by atoms with van der Waals surface area (Å²) < 4.78 is 16.2. The number of amides is 1. The minimum atomic E-state index is -1.09. The van der Waals surface area contributed by atoms with Crippen molar-refractivity contribution in [1.29, 1.82) is 0 Å². The van der Waals surface area contributed by atoms with Crippen molar-refractivity contribution in [2.45, 2.75) is 6.61 Å². The van der Waals surface area contributed by atoms with Crippen LogP contribution in [0.3, 0.4) is 0 Å². The number of nitrogens with one attached hydrogen (secondary N) is 1. The first-order valence-corrected chi connectivity index (χ1v) is 8.65. The predicted octanol–water partition coefficient (Wildman–Crippen LogP) is 3.09. The van der Waals surface area contributed by atoms with E-state index in [9.17, 15) is 9.59 Å². The van der Waals surface area contributed by atoms with Crippen LogP contribution in [-0.2, 0) is 11.4 Å². The van der Waals surface area contributed by atoms with E-state index in [2.05, 4.69) is 10.5 Å². The number of nitrogens with zero attached hydrogens (tertiary/aromatic N) is 1. The number of carbonyl (C=O) groups excluding carboxylic acids is 1. The molecule has 0 aliphatic heterocycles. The molecular weight excluding hydrogens is 376 g/mol. The quantitative estimate of drug-likeness (QED) is 0.426. The summed E-state index contributed by atoms with van der Waals surface area (Å²) in [5.74, 6) is 0.000194. The fourth-order valence-corrected chi connectivity index (χ4v) is 2.32. The first kappa shape index (κ1) is 19.7. The topological polar surface area (TPSA) is 110 Å². The van der Waals surface area contributed by atoms with Crippen LogP contribution in [-0.4, -0.2) is 29.8 Å². The number of carboxylic acids is 1. The molecule has 0 aliphatic carbocycles. The Hall–Kier alpha value is -4.07. The second-order valence-corrected chi connectivity index (χ2v) is 5.79. The van der Waals surface area contributed by atoms with Crippen LogP contribution >= 0.6 is 0 Å². The van der Waals surface area contributed by atoms with Gasteiger partial charge in [-0.25, -0.2) is 10.2 Å². The highest BCUT2D eigenvalue weighted by Crippen LogP contribution is 2.16. The number of para-hydroxylation sites is 2. The Labute approximate surface area is 166 Å². The fourth-order valence-electron chi connectivity index (χ4n) is 2.32. The van der Waals surface area contributed by atoms with Gasteiger partial charge in [0.2, 0.25) is 0 Å². The maximum atomic E-state index is 12.2. The van der Waals surface area contributed by atoms with Gasteiger partial charge in [-0.15, -0.1) is 0 Å². The lowest BCUT2D eigenvalue weighted by Gasteiger charge is -2.06. The molecular formula is C21H18N2O6. The lowest BCUT2D eigenvalue weighted by Crippen LogP contribution is -2.17. The van der Waals surface area contributed by atoms with Crippen molar-refractivity contribution in [3.05, 3.63) is 83.8 Å². The molecule has 3 aromatic rings. The van der Waals surface area contributed by atoms with Gasteiger partial charge >= 0.3 is 11.9 Å². The number of benzene rings is 2. The third-order valence-corrected chi connectivity index (χ3v) is 3.65. The third-order valence-electron chi connectivity index (χ3n) is 3.65. The van der Waals surface area contributed by atoms with E-state index < -0.39 is 18.5 Å². The Balaban J connectivity index is 1.55. The number of ether oxygens (including phenoxy) is 2. The maximum Gasteiger partial charge on any atom is 0.341 e. The van der Waals surface area contributed by atoms with Gasteiger partial charge in [0.1, 0.15) is 23.9 Å². The Morgan fingerprint density at radius 3 is 2.55 bits per heavy atom. The van der Waals surface area contributed by atoms with Crippen LogP contribution in [0.2, 0.25) is 0 Å². The summed E-state index contributed by atoms with van der Waals surface area (Å²) in [6, 6.07) is 19.2. The molecule has 3 rings (SSSR count). The second kappa shape index (κ2) is 9.75. The summed E-state index contributed by atoms with van der Waals surface area (Å²) in [4.78, 5) is 22.8. The van der Waals surface area contributed by atoms with Crippen LogP contribution in [0.15, 0.2) is 76.2 Å². The summed E-state index contributed by atoms with van der Waals surface area (Å²) in [6.07, 6.45) is 1.36. The van der Waals surface area contributed by atoms with E-state index in [1.165, 1.54) is 12.3 Å². The zero-order valence-electron chi connectivity index (χ0n) is 15.3. The molecule has 0 saturated heterocycles. The zero-order chi connectivity index (χ0) is 20.5. The van der Waals surface area contributed by atoms with Gasteiger partial charge in [-0.2, -0.15) is 5.10 Å². The molecule has 0 radical (unpaired) electrons. The first-order chi connectivity index (χ1) is 14.1. The summed E-state index contributed by atoms with van der Waals surface area (Å²) in [7, 11) is 0. The van der Waals surface area contributed by atoms with Gasteiger partial charge in [-0.3, -0.25) is 4.79 Å². The predicted molar refractivity (Wildman–Crippen MR) is 104 cm³/mol. The van der Waals surface area contributed by atoms with E-state index in [4.69, 9.17) is 19.0 Å². The highest BCUT2D eigenvalue weighted by molar-refractivity contribution is 5.92. The van der Waals surface area contributed by atoms with Crippen molar-refractivity contribution < 1.29 is 28.6 Å². The molecule has 0 atom stereocenters. The van der Waals surface area contributed by atoms with Gasteiger partial charge in [0.25, 0.3) is 0 Å². The molecule has 29 heavy (non-hydrogen) atoms. The van der Waals surface area contributed by atoms with Gasteiger partial charge in [-0.05, 0) is 36.4 Å². The third kappa shape index (κ3) is 5.96. The Bertz CT molecular complexity index is 997. The minimum Gasteiger partial charge on any atom is -0.486 e. The van der Waals surface area contributed by atoms with Crippen molar-refractivity contribution in [3.63, 3.8) is 0 Å². The molecule has 0 unspecified atom stereocenters. The van der Waals surface area contributed by atoms with Gasteiger partial charge in [0, 0.05) is 5.56 Å². The number of carbonyl (C=O) groups is 2. The Kier molecular flexibility index (Phi) is 6.62. The van der Waals surface area contributed by atoms with Gasteiger partial charge in [-0.1, -0.05) is 30.3 Å². The smallest absolute Gasteiger partial charge is 0.341 e.